The molecule has 2 rings (SSSR count). The van der Waals surface area contributed by atoms with Gasteiger partial charge in [-0.3, -0.25) is 9.48 Å². The molecule has 1 N–H and O–H groups in total. The van der Waals surface area contributed by atoms with E-state index in [2.05, 4.69) is 10.4 Å². The minimum Gasteiger partial charge on any atom is -0.354 e. The lowest BCUT2D eigenvalue weighted by Gasteiger charge is -2.33. The third-order valence-electron chi connectivity index (χ3n) is 3.69. The maximum Gasteiger partial charge on any atom is 0.319 e. The van der Waals surface area contributed by atoms with E-state index in [0.29, 0.717) is 31.2 Å². The molecule has 3 amide bonds. The molecule has 1 aliphatic heterocycles. The van der Waals surface area contributed by atoms with Crippen LogP contribution in [0.3, 0.4) is 0 Å². The molecule has 22 heavy (non-hydrogen) atoms. The summed E-state index contributed by atoms with van der Waals surface area (Å²) in [7, 11) is 3.45. The zero-order chi connectivity index (χ0) is 16.1. The topological polar surface area (TPSA) is 70.5 Å². The van der Waals surface area contributed by atoms with Gasteiger partial charge in [0.15, 0.2) is 0 Å². The number of likely N-dealkylation sites (tertiary alicyclic amines) is 1. The molecule has 8 heteroatoms. The second kappa shape index (κ2) is 7.49. The van der Waals surface area contributed by atoms with Crippen LogP contribution in [0.1, 0.15) is 12.8 Å². The van der Waals surface area contributed by atoms with E-state index in [1.54, 1.807) is 41.0 Å². The predicted octanol–water partition coefficient (Wildman–Crippen LogP) is 1.05. The highest BCUT2D eigenvalue weighted by atomic mass is 35.5. The van der Waals surface area contributed by atoms with Gasteiger partial charge < -0.3 is 15.1 Å². The molecule has 1 fully saturated rings. The molecule has 1 atom stereocenters. The molecule has 1 aromatic rings. The Morgan fingerprint density at radius 1 is 1.50 bits per heavy atom. The molecule has 1 aliphatic rings. The number of hydrogen-bond donors (Lipinski definition) is 1. The van der Waals surface area contributed by atoms with Crippen molar-refractivity contribution in [3.8, 4) is 0 Å². The van der Waals surface area contributed by atoms with E-state index in [-0.39, 0.29) is 17.9 Å². The second-order valence-electron chi connectivity index (χ2n) is 5.67. The van der Waals surface area contributed by atoms with Crippen LogP contribution in [0.15, 0.2) is 12.4 Å². The highest BCUT2D eigenvalue weighted by Crippen LogP contribution is 2.17. The Bertz CT molecular complexity index is 531. The maximum atomic E-state index is 12.2. The average Bonchev–Trinajstić information content (AvgIpc) is 2.92. The summed E-state index contributed by atoms with van der Waals surface area (Å²) in [6.07, 6.45) is 4.95. The summed E-state index contributed by atoms with van der Waals surface area (Å²) in [6, 6.07) is -0.0383. The summed E-state index contributed by atoms with van der Waals surface area (Å²) in [6.45, 7) is 2.27. The van der Waals surface area contributed by atoms with Crippen LogP contribution in [-0.2, 0) is 11.3 Å². The van der Waals surface area contributed by atoms with E-state index < -0.39 is 0 Å². The lowest BCUT2D eigenvalue weighted by molar-refractivity contribution is -0.126. The Hall–Kier alpha value is -1.76. The molecule has 7 nitrogen and oxygen atoms in total. The quantitative estimate of drug-likeness (QED) is 0.898. The average molecular weight is 328 g/mol. The fraction of sp³-hybridized carbons (Fsp3) is 0.643. The largest absolute Gasteiger partial charge is 0.354 e. The van der Waals surface area contributed by atoms with Crippen LogP contribution in [0.2, 0.25) is 5.02 Å². The van der Waals surface area contributed by atoms with Crippen molar-refractivity contribution in [2.45, 2.75) is 19.4 Å². The number of carbonyl (C=O) groups excluding carboxylic acids is 2. The molecule has 1 aromatic heterocycles. The van der Waals surface area contributed by atoms with Crippen LogP contribution >= 0.6 is 11.6 Å². The van der Waals surface area contributed by atoms with Gasteiger partial charge >= 0.3 is 6.03 Å². The Balaban J connectivity index is 1.78. The monoisotopic (exact) mass is 327 g/mol. The van der Waals surface area contributed by atoms with Crippen molar-refractivity contribution < 1.29 is 9.59 Å². The number of nitrogens with one attached hydrogen (secondary N) is 1. The maximum absolute atomic E-state index is 12.2. The first-order valence-electron chi connectivity index (χ1n) is 7.39. The fourth-order valence-corrected chi connectivity index (χ4v) is 2.70. The van der Waals surface area contributed by atoms with E-state index in [9.17, 15) is 9.59 Å². The number of halogens is 1. The number of rotatable bonds is 4. The molecule has 0 radical (unpaired) electrons. The molecule has 0 aromatic carbocycles. The van der Waals surface area contributed by atoms with Crippen LogP contribution in [0, 0.1) is 5.92 Å². The minimum absolute atomic E-state index is 0.00508. The lowest BCUT2D eigenvalue weighted by atomic mass is 9.97. The fourth-order valence-electron chi connectivity index (χ4n) is 2.55. The van der Waals surface area contributed by atoms with E-state index in [4.69, 9.17) is 11.6 Å². The predicted molar refractivity (Wildman–Crippen MR) is 83.6 cm³/mol. The first-order chi connectivity index (χ1) is 10.5. The van der Waals surface area contributed by atoms with E-state index in [1.165, 1.54) is 0 Å². The second-order valence-corrected chi connectivity index (χ2v) is 6.11. The van der Waals surface area contributed by atoms with Crippen molar-refractivity contribution >= 4 is 23.5 Å². The van der Waals surface area contributed by atoms with Crippen LogP contribution in [-0.4, -0.2) is 65.2 Å². The number of amides is 3. The smallest absolute Gasteiger partial charge is 0.319 e. The molecule has 0 aliphatic carbocycles. The number of nitrogens with zero attached hydrogens (tertiary/aromatic N) is 4. The number of urea groups is 1. The summed E-state index contributed by atoms with van der Waals surface area (Å²) >= 11 is 5.78. The van der Waals surface area contributed by atoms with Gasteiger partial charge in [-0.15, -0.1) is 0 Å². The van der Waals surface area contributed by atoms with Gasteiger partial charge in [-0.1, -0.05) is 11.6 Å². The number of hydrogen-bond acceptors (Lipinski definition) is 3. The number of piperidine rings is 1. The zero-order valence-corrected chi connectivity index (χ0v) is 13.7. The Kier molecular flexibility index (Phi) is 5.65. The molecule has 0 spiro atoms. The van der Waals surface area contributed by atoms with Gasteiger partial charge in [0.25, 0.3) is 0 Å². The van der Waals surface area contributed by atoms with E-state index in [1.807, 2.05) is 0 Å². The summed E-state index contributed by atoms with van der Waals surface area (Å²) in [5, 5.41) is 7.54. The Morgan fingerprint density at radius 3 is 2.91 bits per heavy atom. The lowest BCUT2D eigenvalue weighted by Crippen LogP contribution is -2.48. The third-order valence-corrected chi connectivity index (χ3v) is 3.88. The standard InChI is InChI=1S/C14H22ClN5O2/c1-18(2)14(22)19-6-3-4-11(9-19)13(21)16-5-7-20-10-12(15)8-17-20/h8,10-11H,3-7,9H2,1-2H3,(H,16,21)/t11-/m0/s1. The molecule has 0 bridgehead atoms. The molecular weight excluding hydrogens is 306 g/mol. The third kappa shape index (κ3) is 4.37. The number of carbonyl (C=O) groups is 2. The van der Waals surface area contributed by atoms with Gasteiger partial charge in [-0.25, -0.2) is 4.79 Å². The summed E-state index contributed by atoms with van der Waals surface area (Å²) in [5.74, 6) is -0.145. The highest BCUT2D eigenvalue weighted by Gasteiger charge is 2.28. The molecule has 0 unspecified atom stereocenters. The summed E-state index contributed by atoms with van der Waals surface area (Å²) < 4.78 is 1.69. The summed E-state index contributed by atoms with van der Waals surface area (Å²) in [4.78, 5) is 27.5. The van der Waals surface area contributed by atoms with Crippen molar-refractivity contribution in [3.05, 3.63) is 17.4 Å². The van der Waals surface area contributed by atoms with Gasteiger partial charge in [-0.2, -0.15) is 5.10 Å². The minimum atomic E-state index is -0.140. The van der Waals surface area contributed by atoms with Gasteiger partial charge in [0.05, 0.1) is 23.7 Å². The van der Waals surface area contributed by atoms with Crippen LogP contribution < -0.4 is 5.32 Å². The van der Waals surface area contributed by atoms with Gasteiger partial charge in [0.1, 0.15) is 0 Å². The zero-order valence-electron chi connectivity index (χ0n) is 13.0. The van der Waals surface area contributed by atoms with Gasteiger partial charge in [0.2, 0.25) is 5.91 Å². The molecule has 2 heterocycles. The van der Waals surface area contributed by atoms with Crippen LogP contribution in [0.4, 0.5) is 4.79 Å². The highest BCUT2D eigenvalue weighted by molar-refractivity contribution is 6.30. The Labute approximate surface area is 135 Å². The molecule has 1 saturated heterocycles. The van der Waals surface area contributed by atoms with Crippen molar-refractivity contribution in [2.24, 2.45) is 5.92 Å². The summed E-state index contributed by atoms with van der Waals surface area (Å²) in [5.41, 5.74) is 0. The molecule has 0 saturated carbocycles. The van der Waals surface area contributed by atoms with Crippen molar-refractivity contribution in [3.63, 3.8) is 0 Å². The van der Waals surface area contributed by atoms with E-state index in [0.717, 1.165) is 12.8 Å². The SMILES string of the molecule is CN(C)C(=O)N1CCC[C@H](C(=O)NCCn2cc(Cl)cn2)C1. The molecular formula is C14H22ClN5O2. The van der Waals surface area contributed by atoms with Crippen LogP contribution in [0.5, 0.6) is 0 Å². The molecule has 122 valence electrons. The normalized spacial score (nSPS) is 18.1. The van der Waals surface area contributed by atoms with Crippen molar-refractivity contribution in [2.75, 3.05) is 33.7 Å². The Morgan fingerprint density at radius 2 is 2.27 bits per heavy atom. The van der Waals surface area contributed by atoms with Crippen LogP contribution in [0.25, 0.3) is 0 Å². The van der Waals surface area contributed by atoms with Gasteiger partial charge in [-0.05, 0) is 12.8 Å². The van der Waals surface area contributed by atoms with Gasteiger partial charge in [0, 0.05) is 39.9 Å². The number of aromatic nitrogens is 2. The first kappa shape index (κ1) is 16.6. The van der Waals surface area contributed by atoms with Crippen molar-refractivity contribution in [1.82, 2.24) is 24.9 Å². The van der Waals surface area contributed by atoms with E-state index >= 15 is 0 Å². The first-order valence-corrected chi connectivity index (χ1v) is 7.77. The van der Waals surface area contributed by atoms with Crippen molar-refractivity contribution in [1.29, 1.82) is 0 Å².